The van der Waals surface area contributed by atoms with Gasteiger partial charge in [0.25, 0.3) is 10.0 Å². The summed E-state index contributed by atoms with van der Waals surface area (Å²) in [6, 6.07) is 17.0. The van der Waals surface area contributed by atoms with Gasteiger partial charge in [-0.3, -0.25) is 18.9 Å². The highest BCUT2D eigenvalue weighted by Gasteiger charge is 2.42. The van der Waals surface area contributed by atoms with Crippen molar-refractivity contribution in [1.82, 2.24) is 10.6 Å². The molecular weight excluding hydrogens is 561 g/mol. The zero-order valence-electron chi connectivity index (χ0n) is 20.7. The average molecular weight is 587 g/mol. The maximum absolute atomic E-state index is 13.8. The molecule has 2 heterocycles. The summed E-state index contributed by atoms with van der Waals surface area (Å²) in [4.78, 5) is 30.3. The van der Waals surface area contributed by atoms with Gasteiger partial charge in [-0.2, -0.15) is 0 Å². The number of nitrogens with one attached hydrogen (secondary N) is 3. The van der Waals surface area contributed by atoms with E-state index in [-0.39, 0.29) is 27.0 Å². The first-order valence-electron chi connectivity index (χ1n) is 12.3. The predicted octanol–water partition coefficient (Wildman–Crippen LogP) is 3.61. The monoisotopic (exact) mass is 585 g/mol. The smallest absolute Gasteiger partial charge is 0.265 e. The number of sulfonamides is 1. The van der Waals surface area contributed by atoms with E-state index in [1.54, 1.807) is 24.3 Å². The summed E-state index contributed by atoms with van der Waals surface area (Å²) in [5.41, 5.74) is 2.60. The minimum Gasteiger partial charge on any atom is -0.368 e. The van der Waals surface area contributed by atoms with Crippen LogP contribution in [0.3, 0.4) is 0 Å². The molecule has 1 unspecified atom stereocenters. The van der Waals surface area contributed by atoms with Gasteiger partial charge in [0.15, 0.2) is 0 Å². The van der Waals surface area contributed by atoms with Crippen LogP contribution in [0.1, 0.15) is 17.5 Å². The summed E-state index contributed by atoms with van der Waals surface area (Å²) >= 11 is 12.1. The second-order valence-electron chi connectivity index (χ2n) is 9.06. The number of nitrogens with zero attached hydrogens (tertiary/aromatic N) is 2. The molecule has 0 radical (unpaired) electrons. The Morgan fingerprint density at radius 2 is 1.82 bits per heavy atom. The molecule has 0 bridgehead atoms. The van der Waals surface area contributed by atoms with E-state index in [2.05, 4.69) is 20.9 Å². The second-order valence-corrected chi connectivity index (χ2v) is 11.7. The zero-order chi connectivity index (χ0) is 27.6. The first-order valence-corrected chi connectivity index (χ1v) is 14.5. The summed E-state index contributed by atoms with van der Waals surface area (Å²) in [6.07, 6.45) is 0.196. The first kappa shape index (κ1) is 27.0. The Kier molecular flexibility index (Phi) is 7.79. The number of hydrogen-bond acceptors (Lipinski definition) is 6. The fraction of sp³-hybridized carbons (Fsp3) is 0.222. The number of carbonyl (C=O) groups is 2. The van der Waals surface area contributed by atoms with E-state index >= 15 is 0 Å². The van der Waals surface area contributed by atoms with Crippen molar-refractivity contribution in [2.45, 2.75) is 23.8 Å². The highest BCUT2D eigenvalue weighted by Crippen LogP contribution is 2.38. The van der Waals surface area contributed by atoms with Gasteiger partial charge in [0.1, 0.15) is 11.9 Å². The quantitative estimate of drug-likeness (QED) is 0.373. The van der Waals surface area contributed by atoms with E-state index in [4.69, 9.17) is 23.2 Å². The number of aliphatic imine (C=N–C) groups is 1. The van der Waals surface area contributed by atoms with Gasteiger partial charge in [0, 0.05) is 18.7 Å². The molecule has 2 amide bonds. The van der Waals surface area contributed by atoms with Gasteiger partial charge in [-0.25, -0.2) is 8.42 Å². The Bertz CT molecular complexity index is 1560. The largest absolute Gasteiger partial charge is 0.368 e. The van der Waals surface area contributed by atoms with E-state index in [0.717, 1.165) is 34.4 Å². The molecule has 202 valence electrons. The number of carbonyl (C=O) groups excluding carboxylic acids is 2. The van der Waals surface area contributed by atoms with Crippen molar-refractivity contribution in [2.75, 3.05) is 29.3 Å². The predicted molar refractivity (Wildman–Crippen MR) is 152 cm³/mol. The van der Waals surface area contributed by atoms with Gasteiger partial charge >= 0.3 is 0 Å². The Morgan fingerprint density at radius 3 is 2.54 bits per heavy atom. The van der Waals surface area contributed by atoms with Crippen molar-refractivity contribution in [2.24, 2.45) is 4.99 Å². The van der Waals surface area contributed by atoms with Crippen LogP contribution in [0.4, 0.5) is 11.4 Å². The fourth-order valence-electron chi connectivity index (χ4n) is 4.50. The van der Waals surface area contributed by atoms with E-state index in [1.165, 1.54) is 18.2 Å². The van der Waals surface area contributed by atoms with Crippen molar-refractivity contribution in [3.05, 3.63) is 87.9 Å². The summed E-state index contributed by atoms with van der Waals surface area (Å²) in [6.45, 7) is 1.92. The van der Waals surface area contributed by atoms with Crippen molar-refractivity contribution < 1.29 is 18.0 Å². The standard InChI is InChI=1S/C27H25Cl2N5O4S/c28-20-10-9-19(15-21(20)29)39(37,38)34-23-4-2-1-3-22(23)33-27(36)24(34)16-25(35)30-12-11-17-5-7-18(8-6-17)26-31-13-14-32-26/h1-10,15,24H,11-14,16H2,(H,30,35)(H,31,32)(H,33,36). The molecule has 12 heteroatoms. The number of rotatable bonds is 8. The molecule has 39 heavy (non-hydrogen) atoms. The first-order chi connectivity index (χ1) is 18.7. The molecule has 0 saturated heterocycles. The van der Waals surface area contributed by atoms with Gasteiger partial charge < -0.3 is 16.0 Å². The van der Waals surface area contributed by atoms with Gasteiger partial charge in [0.2, 0.25) is 11.8 Å². The van der Waals surface area contributed by atoms with Gasteiger partial charge in [-0.05, 0) is 42.3 Å². The maximum Gasteiger partial charge on any atom is 0.265 e. The summed E-state index contributed by atoms with van der Waals surface area (Å²) in [5.74, 6) is -0.181. The molecule has 0 fully saturated rings. The topological polar surface area (TPSA) is 120 Å². The number of anilines is 2. The van der Waals surface area contributed by atoms with Crippen LogP contribution in [0.5, 0.6) is 0 Å². The van der Waals surface area contributed by atoms with Crippen LogP contribution < -0.4 is 20.3 Å². The van der Waals surface area contributed by atoms with Crippen LogP contribution >= 0.6 is 23.2 Å². The van der Waals surface area contributed by atoms with Crippen molar-refractivity contribution >= 4 is 62.2 Å². The lowest BCUT2D eigenvalue weighted by atomic mass is 10.1. The molecule has 0 spiro atoms. The van der Waals surface area contributed by atoms with E-state index in [1.807, 2.05) is 24.3 Å². The van der Waals surface area contributed by atoms with E-state index in [9.17, 15) is 18.0 Å². The van der Waals surface area contributed by atoms with Crippen molar-refractivity contribution in [3.8, 4) is 0 Å². The molecule has 3 N–H and O–H groups in total. The molecule has 2 aliphatic heterocycles. The molecule has 1 atom stereocenters. The normalized spacial score (nSPS) is 16.7. The second kappa shape index (κ2) is 11.3. The third-order valence-electron chi connectivity index (χ3n) is 6.45. The molecule has 9 nitrogen and oxygen atoms in total. The number of benzene rings is 3. The van der Waals surface area contributed by atoms with Crippen LogP contribution in [-0.2, 0) is 26.0 Å². The van der Waals surface area contributed by atoms with Gasteiger partial charge in [-0.15, -0.1) is 0 Å². The van der Waals surface area contributed by atoms with E-state index < -0.39 is 27.9 Å². The van der Waals surface area contributed by atoms with Gasteiger partial charge in [0.05, 0.1) is 39.3 Å². The number of amides is 2. The summed E-state index contributed by atoms with van der Waals surface area (Å²) in [7, 11) is -4.28. The van der Waals surface area contributed by atoms with Crippen molar-refractivity contribution in [3.63, 3.8) is 0 Å². The fourth-order valence-corrected chi connectivity index (χ4v) is 6.52. The Labute approximate surface area is 236 Å². The lowest BCUT2D eigenvalue weighted by Gasteiger charge is -2.36. The number of para-hydroxylation sites is 2. The van der Waals surface area contributed by atoms with Crippen LogP contribution in [0, 0.1) is 0 Å². The number of fused-ring (bicyclic) bond motifs is 1. The van der Waals surface area contributed by atoms with Crippen molar-refractivity contribution in [1.29, 1.82) is 0 Å². The zero-order valence-corrected chi connectivity index (χ0v) is 23.0. The molecule has 0 saturated carbocycles. The Hall–Kier alpha value is -3.60. The lowest BCUT2D eigenvalue weighted by Crippen LogP contribution is -2.52. The van der Waals surface area contributed by atoms with Crippen LogP contribution in [0.2, 0.25) is 10.0 Å². The molecule has 0 aromatic heterocycles. The number of halogens is 2. The van der Waals surface area contributed by atoms with Gasteiger partial charge in [-0.1, -0.05) is 59.6 Å². The summed E-state index contributed by atoms with van der Waals surface area (Å²) < 4.78 is 28.5. The van der Waals surface area contributed by atoms with Crippen LogP contribution in [0.15, 0.2) is 76.6 Å². The maximum atomic E-state index is 13.8. The van der Waals surface area contributed by atoms with E-state index in [0.29, 0.717) is 18.7 Å². The molecule has 5 rings (SSSR count). The average Bonchev–Trinajstić information content (AvgIpc) is 3.46. The summed E-state index contributed by atoms with van der Waals surface area (Å²) in [5, 5.41) is 9.00. The molecule has 0 aliphatic carbocycles. The molecule has 3 aromatic rings. The third-order valence-corrected chi connectivity index (χ3v) is 9.01. The SMILES string of the molecule is O=C(CC1C(=O)Nc2ccccc2N1S(=O)(=O)c1ccc(Cl)c(Cl)c1)NCCc1ccc(C2=NCCN2)cc1. The number of hydrogen-bond donors (Lipinski definition) is 3. The highest BCUT2D eigenvalue weighted by molar-refractivity contribution is 7.93. The van der Waals surface area contributed by atoms with Crippen LogP contribution in [0.25, 0.3) is 0 Å². The Balaban J connectivity index is 1.31. The molecular formula is C27H25Cl2N5O4S. The minimum absolute atomic E-state index is 0.0577. The third kappa shape index (κ3) is 5.73. The Morgan fingerprint density at radius 1 is 1.05 bits per heavy atom. The molecule has 3 aromatic carbocycles. The highest BCUT2D eigenvalue weighted by atomic mass is 35.5. The minimum atomic E-state index is -4.28. The number of amidine groups is 1. The molecule has 2 aliphatic rings. The lowest BCUT2D eigenvalue weighted by molar-refractivity contribution is -0.125. The van der Waals surface area contributed by atoms with Crippen LogP contribution in [-0.4, -0.2) is 51.7 Å².